The van der Waals surface area contributed by atoms with E-state index in [1.807, 2.05) is 37.3 Å². The van der Waals surface area contributed by atoms with Gasteiger partial charge in [0.25, 0.3) is 0 Å². The summed E-state index contributed by atoms with van der Waals surface area (Å²) in [5.74, 6) is -0.412. The Hall–Kier alpha value is -1.39. The average Bonchev–Trinajstić information content (AvgIpc) is 2.45. The zero-order valence-electron chi connectivity index (χ0n) is 11.3. The van der Waals surface area contributed by atoms with Gasteiger partial charge in [0.1, 0.15) is 11.6 Å². The molecule has 0 aromatic heterocycles. The highest BCUT2D eigenvalue weighted by Crippen LogP contribution is 2.27. The van der Waals surface area contributed by atoms with Crippen LogP contribution in [-0.4, -0.2) is 12.3 Å². The van der Waals surface area contributed by atoms with Crippen LogP contribution in [0.15, 0.2) is 53.4 Å². The summed E-state index contributed by atoms with van der Waals surface area (Å²) >= 11 is 1.58. The van der Waals surface area contributed by atoms with Gasteiger partial charge in [-0.1, -0.05) is 31.2 Å². The summed E-state index contributed by atoms with van der Waals surface area (Å²) in [6, 6.07) is 13.5. The van der Waals surface area contributed by atoms with E-state index in [9.17, 15) is 8.78 Å². The first-order valence-electron chi connectivity index (χ1n) is 6.57. The van der Waals surface area contributed by atoms with Crippen LogP contribution in [0.4, 0.5) is 8.78 Å². The second-order valence-electron chi connectivity index (χ2n) is 4.37. The summed E-state index contributed by atoms with van der Waals surface area (Å²) in [6.45, 7) is 2.59. The van der Waals surface area contributed by atoms with Crippen LogP contribution in [0.3, 0.4) is 0 Å². The third-order valence-corrected chi connectivity index (χ3v) is 4.06. The molecular formula is C16H17F2NS. The van der Waals surface area contributed by atoms with E-state index < -0.39 is 11.6 Å². The Morgan fingerprint density at radius 1 is 1.00 bits per heavy atom. The van der Waals surface area contributed by atoms with Crippen LogP contribution >= 0.6 is 11.8 Å². The van der Waals surface area contributed by atoms with Gasteiger partial charge in [-0.05, 0) is 30.8 Å². The summed E-state index contributed by atoms with van der Waals surface area (Å²) in [4.78, 5) is 1.09. The SMILES string of the molecule is CCNC(CSc1ccccc1)c1c(F)cccc1F. The fourth-order valence-electron chi connectivity index (χ4n) is 2.03. The van der Waals surface area contributed by atoms with Crippen LogP contribution in [0, 0.1) is 11.6 Å². The van der Waals surface area contributed by atoms with E-state index in [1.165, 1.54) is 18.2 Å². The van der Waals surface area contributed by atoms with Gasteiger partial charge in [-0.15, -0.1) is 11.8 Å². The average molecular weight is 293 g/mol. The van der Waals surface area contributed by atoms with Crippen molar-refractivity contribution in [1.82, 2.24) is 5.32 Å². The standard InChI is InChI=1S/C16H17F2NS/c1-2-19-15(11-20-12-7-4-3-5-8-12)16-13(17)9-6-10-14(16)18/h3-10,15,19H,2,11H2,1H3. The van der Waals surface area contributed by atoms with Gasteiger partial charge in [-0.25, -0.2) is 8.78 Å². The number of halogens is 2. The molecule has 0 fully saturated rings. The van der Waals surface area contributed by atoms with Gasteiger partial charge in [-0.3, -0.25) is 0 Å². The fraction of sp³-hybridized carbons (Fsp3) is 0.250. The third-order valence-electron chi connectivity index (χ3n) is 2.96. The van der Waals surface area contributed by atoms with Crippen molar-refractivity contribution in [1.29, 1.82) is 0 Å². The monoisotopic (exact) mass is 293 g/mol. The maximum atomic E-state index is 13.9. The summed E-state index contributed by atoms with van der Waals surface area (Å²) < 4.78 is 27.7. The van der Waals surface area contributed by atoms with Crippen LogP contribution in [0.2, 0.25) is 0 Å². The van der Waals surface area contributed by atoms with Crippen molar-refractivity contribution in [2.45, 2.75) is 17.9 Å². The first kappa shape index (κ1) is 15.0. The van der Waals surface area contributed by atoms with Crippen LogP contribution < -0.4 is 5.32 Å². The molecule has 106 valence electrons. The lowest BCUT2D eigenvalue weighted by Crippen LogP contribution is -2.25. The Bertz CT molecular complexity index is 525. The van der Waals surface area contributed by atoms with Gasteiger partial charge in [-0.2, -0.15) is 0 Å². The number of benzene rings is 2. The molecule has 2 aromatic rings. The molecule has 0 aliphatic carbocycles. The Balaban J connectivity index is 2.15. The highest BCUT2D eigenvalue weighted by atomic mass is 32.2. The van der Waals surface area contributed by atoms with E-state index in [0.29, 0.717) is 12.3 Å². The van der Waals surface area contributed by atoms with E-state index in [0.717, 1.165) is 4.90 Å². The maximum absolute atomic E-state index is 13.9. The lowest BCUT2D eigenvalue weighted by molar-refractivity contribution is 0.500. The number of hydrogen-bond donors (Lipinski definition) is 1. The van der Waals surface area contributed by atoms with Crippen LogP contribution in [0.5, 0.6) is 0 Å². The highest BCUT2D eigenvalue weighted by molar-refractivity contribution is 7.99. The van der Waals surface area contributed by atoms with Gasteiger partial charge in [0.15, 0.2) is 0 Å². The summed E-state index contributed by atoms with van der Waals surface area (Å²) in [7, 11) is 0. The topological polar surface area (TPSA) is 12.0 Å². The van der Waals surface area contributed by atoms with Gasteiger partial charge in [0.05, 0.1) is 0 Å². The summed E-state index contributed by atoms with van der Waals surface area (Å²) in [6.07, 6.45) is 0. The van der Waals surface area contributed by atoms with E-state index >= 15 is 0 Å². The first-order valence-corrected chi connectivity index (χ1v) is 7.56. The van der Waals surface area contributed by atoms with Crippen molar-refractivity contribution in [2.75, 3.05) is 12.3 Å². The minimum absolute atomic E-state index is 0.123. The smallest absolute Gasteiger partial charge is 0.130 e. The number of rotatable bonds is 6. The second-order valence-corrected chi connectivity index (χ2v) is 5.46. The molecular weight excluding hydrogens is 276 g/mol. The Kier molecular flexibility index (Phi) is 5.56. The van der Waals surface area contributed by atoms with E-state index in [4.69, 9.17) is 0 Å². The quantitative estimate of drug-likeness (QED) is 0.792. The van der Waals surface area contributed by atoms with Crippen LogP contribution in [0.1, 0.15) is 18.5 Å². The molecule has 1 unspecified atom stereocenters. The zero-order chi connectivity index (χ0) is 14.4. The fourth-order valence-corrected chi connectivity index (χ4v) is 3.02. The molecule has 0 aliphatic rings. The normalized spacial score (nSPS) is 12.3. The zero-order valence-corrected chi connectivity index (χ0v) is 12.1. The van der Waals surface area contributed by atoms with Crippen molar-refractivity contribution >= 4 is 11.8 Å². The van der Waals surface area contributed by atoms with E-state index in [1.54, 1.807) is 11.8 Å². The molecule has 2 rings (SSSR count). The molecule has 0 radical (unpaired) electrons. The molecule has 0 saturated carbocycles. The van der Waals surface area contributed by atoms with Gasteiger partial charge < -0.3 is 5.32 Å². The molecule has 1 atom stereocenters. The molecule has 2 aromatic carbocycles. The van der Waals surface area contributed by atoms with Gasteiger partial charge >= 0.3 is 0 Å². The van der Waals surface area contributed by atoms with Crippen molar-refractivity contribution in [2.24, 2.45) is 0 Å². The largest absolute Gasteiger partial charge is 0.309 e. The van der Waals surface area contributed by atoms with Crippen molar-refractivity contribution < 1.29 is 8.78 Å². The molecule has 1 nitrogen and oxygen atoms in total. The van der Waals surface area contributed by atoms with Crippen molar-refractivity contribution in [3.8, 4) is 0 Å². The molecule has 0 aliphatic heterocycles. The molecule has 20 heavy (non-hydrogen) atoms. The molecule has 4 heteroatoms. The number of hydrogen-bond acceptors (Lipinski definition) is 2. The number of thioether (sulfide) groups is 1. The molecule has 0 saturated heterocycles. The summed E-state index contributed by atoms with van der Waals surface area (Å²) in [5, 5.41) is 3.15. The molecule has 0 spiro atoms. The second kappa shape index (κ2) is 7.41. The summed E-state index contributed by atoms with van der Waals surface area (Å²) in [5.41, 5.74) is 0.123. The maximum Gasteiger partial charge on any atom is 0.130 e. The highest BCUT2D eigenvalue weighted by Gasteiger charge is 2.19. The third kappa shape index (κ3) is 3.81. The van der Waals surface area contributed by atoms with Crippen LogP contribution in [0.25, 0.3) is 0 Å². The Morgan fingerprint density at radius 3 is 2.25 bits per heavy atom. The molecule has 0 bridgehead atoms. The van der Waals surface area contributed by atoms with Gasteiger partial charge in [0.2, 0.25) is 0 Å². The van der Waals surface area contributed by atoms with Crippen molar-refractivity contribution in [3.05, 3.63) is 65.7 Å². The predicted octanol–water partition coefficient (Wildman–Crippen LogP) is 4.41. The first-order chi connectivity index (χ1) is 9.72. The van der Waals surface area contributed by atoms with Crippen LogP contribution in [-0.2, 0) is 0 Å². The molecule has 0 heterocycles. The Morgan fingerprint density at radius 2 is 1.65 bits per heavy atom. The van der Waals surface area contributed by atoms with Crippen molar-refractivity contribution in [3.63, 3.8) is 0 Å². The number of nitrogens with one attached hydrogen (secondary N) is 1. The minimum atomic E-state index is -0.496. The Labute approximate surface area is 122 Å². The van der Waals surface area contributed by atoms with E-state index in [2.05, 4.69) is 5.32 Å². The molecule has 1 N–H and O–H groups in total. The van der Waals surface area contributed by atoms with Gasteiger partial charge in [0, 0.05) is 22.3 Å². The predicted molar refractivity (Wildman–Crippen MR) is 79.9 cm³/mol. The minimum Gasteiger partial charge on any atom is -0.309 e. The molecule has 0 amide bonds. The van der Waals surface area contributed by atoms with E-state index in [-0.39, 0.29) is 11.6 Å². The lowest BCUT2D eigenvalue weighted by Gasteiger charge is -2.19. The lowest BCUT2D eigenvalue weighted by atomic mass is 10.1.